The van der Waals surface area contributed by atoms with Crippen molar-refractivity contribution in [2.75, 3.05) is 26.7 Å². The summed E-state index contributed by atoms with van der Waals surface area (Å²) in [6.45, 7) is 7.01. The molecule has 1 aliphatic rings. The molecule has 0 aliphatic carbocycles. The number of methoxy groups -OCH3 is 1. The van der Waals surface area contributed by atoms with Gasteiger partial charge in [-0.3, -0.25) is 4.79 Å². The van der Waals surface area contributed by atoms with Gasteiger partial charge in [0.25, 0.3) is 0 Å². The molecule has 1 unspecified atom stereocenters. The Kier molecular flexibility index (Phi) is 6.88. The lowest BCUT2D eigenvalue weighted by Crippen LogP contribution is -2.57. The topological polar surface area (TPSA) is 102 Å². The van der Waals surface area contributed by atoms with Crippen molar-refractivity contribution in [2.45, 2.75) is 44.0 Å². The Bertz CT molecular complexity index is 741. The first-order valence-corrected chi connectivity index (χ1v) is 10.7. The van der Waals surface area contributed by atoms with Gasteiger partial charge < -0.3 is 15.8 Å². The van der Waals surface area contributed by atoms with Gasteiger partial charge in [0.05, 0.1) is 17.5 Å². The molecular formula is C19H31N3O4S. The van der Waals surface area contributed by atoms with E-state index in [0.29, 0.717) is 38.2 Å². The number of sulfonamides is 1. The molecule has 0 bridgehead atoms. The van der Waals surface area contributed by atoms with Gasteiger partial charge in [0.1, 0.15) is 5.75 Å². The first-order chi connectivity index (χ1) is 12.6. The molecular weight excluding hydrogens is 366 g/mol. The molecule has 0 aromatic heterocycles. The van der Waals surface area contributed by atoms with Crippen molar-refractivity contribution < 1.29 is 17.9 Å². The molecule has 1 amide bonds. The van der Waals surface area contributed by atoms with Gasteiger partial charge in [-0.1, -0.05) is 13.8 Å². The molecule has 27 heavy (non-hydrogen) atoms. The summed E-state index contributed by atoms with van der Waals surface area (Å²) in [6, 6.07) is 6.35. The minimum atomic E-state index is -3.56. The van der Waals surface area contributed by atoms with E-state index in [9.17, 15) is 13.2 Å². The number of rotatable bonds is 7. The highest BCUT2D eigenvalue weighted by atomic mass is 32.2. The monoisotopic (exact) mass is 397 g/mol. The zero-order chi connectivity index (χ0) is 20.2. The van der Waals surface area contributed by atoms with Crippen LogP contribution in [0.15, 0.2) is 29.2 Å². The molecule has 3 N–H and O–H groups in total. The number of nitrogens with two attached hydrogens (primary N) is 1. The Morgan fingerprint density at radius 3 is 2.30 bits per heavy atom. The van der Waals surface area contributed by atoms with Crippen LogP contribution in [0, 0.1) is 11.8 Å². The van der Waals surface area contributed by atoms with Crippen LogP contribution in [0.5, 0.6) is 5.75 Å². The van der Waals surface area contributed by atoms with Crippen LogP contribution in [-0.2, 0) is 14.8 Å². The summed E-state index contributed by atoms with van der Waals surface area (Å²) in [7, 11) is -2.03. The smallest absolute Gasteiger partial charge is 0.243 e. The molecule has 0 radical (unpaired) electrons. The van der Waals surface area contributed by atoms with Crippen molar-refractivity contribution in [3.8, 4) is 5.75 Å². The Labute approximate surface area is 162 Å². The fraction of sp³-hybridized carbons (Fsp3) is 0.632. The summed E-state index contributed by atoms with van der Waals surface area (Å²) >= 11 is 0. The normalized spacial score (nSPS) is 18.9. The van der Waals surface area contributed by atoms with Crippen molar-refractivity contribution in [3.63, 3.8) is 0 Å². The van der Waals surface area contributed by atoms with Gasteiger partial charge >= 0.3 is 0 Å². The Hall–Kier alpha value is -1.64. The maximum Gasteiger partial charge on any atom is 0.243 e. The van der Waals surface area contributed by atoms with Crippen molar-refractivity contribution in [2.24, 2.45) is 17.6 Å². The average molecular weight is 398 g/mol. The number of nitrogens with one attached hydrogen (secondary N) is 1. The predicted octanol–water partition coefficient (Wildman–Crippen LogP) is 1.59. The fourth-order valence-corrected chi connectivity index (χ4v) is 4.54. The van der Waals surface area contributed by atoms with Crippen molar-refractivity contribution in [3.05, 3.63) is 24.3 Å². The maximum atomic E-state index is 12.8. The third-order valence-electron chi connectivity index (χ3n) is 5.63. The van der Waals surface area contributed by atoms with Gasteiger partial charge in [0, 0.05) is 25.6 Å². The number of hydrogen-bond donors (Lipinski definition) is 2. The summed E-state index contributed by atoms with van der Waals surface area (Å²) in [5, 5.41) is 3.06. The third-order valence-corrected chi connectivity index (χ3v) is 7.54. The van der Waals surface area contributed by atoms with E-state index in [2.05, 4.69) is 5.32 Å². The number of hydrogen-bond acceptors (Lipinski definition) is 5. The van der Waals surface area contributed by atoms with Crippen LogP contribution in [-0.4, -0.2) is 50.9 Å². The van der Waals surface area contributed by atoms with E-state index in [1.54, 1.807) is 24.3 Å². The van der Waals surface area contributed by atoms with E-state index in [-0.39, 0.29) is 22.6 Å². The van der Waals surface area contributed by atoms with E-state index >= 15 is 0 Å². The summed E-state index contributed by atoms with van der Waals surface area (Å²) in [4.78, 5) is 12.9. The van der Waals surface area contributed by atoms with Gasteiger partial charge in [-0.15, -0.1) is 0 Å². The van der Waals surface area contributed by atoms with E-state index in [1.807, 2.05) is 20.8 Å². The molecule has 2 rings (SSSR count). The lowest BCUT2D eigenvalue weighted by atomic mass is 9.87. The summed E-state index contributed by atoms with van der Waals surface area (Å²) in [5.41, 5.74) is 5.38. The Balaban J connectivity index is 2.00. The first-order valence-electron chi connectivity index (χ1n) is 9.30. The molecule has 1 fully saturated rings. The fourth-order valence-electron chi connectivity index (χ4n) is 3.07. The van der Waals surface area contributed by atoms with Gasteiger partial charge in [-0.05, 0) is 49.9 Å². The quantitative estimate of drug-likeness (QED) is 0.727. The second kappa shape index (κ2) is 8.58. The van der Waals surface area contributed by atoms with Crippen LogP contribution in [0.25, 0.3) is 0 Å². The number of nitrogens with zero attached hydrogens (tertiary/aromatic N) is 1. The number of piperidine rings is 1. The standard InChI is InChI=1S/C19H31N3O4S/c1-14(2)19(3,13-20)21-18(23)15-9-11-22(12-10-15)27(24,25)17-7-5-16(26-4)6-8-17/h5-8,14-15H,9-13,20H2,1-4H3,(H,21,23). The van der Waals surface area contributed by atoms with Crippen LogP contribution in [0.2, 0.25) is 0 Å². The van der Waals surface area contributed by atoms with E-state index in [0.717, 1.165) is 0 Å². The van der Waals surface area contributed by atoms with Crippen LogP contribution >= 0.6 is 0 Å². The van der Waals surface area contributed by atoms with Gasteiger partial charge in [0.15, 0.2) is 0 Å². The van der Waals surface area contributed by atoms with Gasteiger partial charge in [0.2, 0.25) is 15.9 Å². The Morgan fingerprint density at radius 1 is 1.30 bits per heavy atom. The summed E-state index contributed by atoms with van der Waals surface area (Å²) < 4.78 is 32.1. The van der Waals surface area contributed by atoms with Crippen molar-refractivity contribution in [1.29, 1.82) is 0 Å². The van der Waals surface area contributed by atoms with Gasteiger partial charge in [-0.25, -0.2) is 8.42 Å². The zero-order valence-corrected chi connectivity index (χ0v) is 17.4. The third kappa shape index (κ3) is 4.80. The number of amides is 1. The first kappa shape index (κ1) is 21.7. The largest absolute Gasteiger partial charge is 0.497 e. The van der Waals surface area contributed by atoms with E-state index in [1.165, 1.54) is 11.4 Å². The lowest BCUT2D eigenvalue weighted by Gasteiger charge is -2.37. The van der Waals surface area contributed by atoms with Crippen LogP contribution in [0.3, 0.4) is 0 Å². The molecule has 1 aromatic carbocycles. The molecule has 1 aromatic rings. The number of ether oxygens (including phenoxy) is 1. The number of benzene rings is 1. The Morgan fingerprint density at radius 2 is 1.85 bits per heavy atom. The highest BCUT2D eigenvalue weighted by molar-refractivity contribution is 7.89. The van der Waals surface area contributed by atoms with Crippen LogP contribution < -0.4 is 15.8 Å². The van der Waals surface area contributed by atoms with Gasteiger partial charge in [-0.2, -0.15) is 4.31 Å². The molecule has 1 heterocycles. The van der Waals surface area contributed by atoms with E-state index in [4.69, 9.17) is 10.5 Å². The lowest BCUT2D eigenvalue weighted by molar-refractivity contribution is -0.128. The second-order valence-corrected chi connectivity index (χ2v) is 9.56. The predicted molar refractivity (Wildman–Crippen MR) is 105 cm³/mol. The number of carbonyl (C=O) groups is 1. The highest BCUT2D eigenvalue weighted by Gasteiger charge is 2.35. The minimum absolute atomic E-state index is 0.0434. The average Bonchev–Trinajstić information content (AvgIpc) is 2.67. The highest BCUT2D eigenvalue weighted by Crippen LogP contribution is 2.26. The molecule has 1 aliphatic heterocycles. The van der Waals surface area contributed by atoms with Crippen LogP contribution in [0.1, 0.15) is 33.6 Å². The van der Waals surface area contributed by atoms with Crippen molar-refractivity contribution >= 4 is 15.9 Å². The SMILES string of the molecule is COc1ccc(S(=O)(=O)N2CCC(C(=O)NC(C)(CN)C(C)C)CC2)cc1. The van der Waals surface area contributed by atoms with E-state index < -0.39 is 15.6 Å². The zero-order valence-electron chi connectivity index (χ0n) is 16.6. The van der Waals surface area contributed by atoms with Crippen LogP contribution in [0.4, 0.5) is 0 Å². The summed E-state index contributed by atoms with van der Waals surface area (Å²) in [6.07, 6.45) is 1.000. The molecule has 8 heteroatoms. The molecule has 7 nitrogen and oxygen atoms in total. The second-order valence-electron chi connectivity index (χ2n) is 7.62. The molecule has 0 saturated carbocycles. The molecule has 1 atom stereocenters. The molecule has 152 valence electrons. The number of carbonyl (C=O) groups excluding carboxylic acids is 1. The minimum Gasteiger partial charge on any atom is -0.497 e. The maximum absolute atomic E-state index is 12.8. The van der Waals surface area contributed by atoms with Crippen molar-refractivity contribution in [1.82, 2.24) is 9.62 Å². The molecule has 1 saturated heterocycles. The molecule has 0 spiro atoms. The summed E-state index contributed by atoms with van der Waals surface area (Å²) in [5.74, 6) is 0.578.